The molecule has 72 valence electrons. The van der Waals surface area contributed by atoms with E-state index in [1.807, 2.05) is 19.2 Å². The molecule has 0 bridgehead atoms. The topological polar surface area (TPSA) is 25.8 Å². The van der Waals surface area contributed by atoms with E-state index in [2.05, 4.69) is 15.3 Å². The molecule has 2 heterocycles. The molecule has 0 N–H and O–H groups in total. The Hall–Kier alpha value is -0.930. The van der Waals surface area contributed by atoms with Gasteiger partial charge in [0.15, 0.2) is 5.82 Å². The minimum atomic E-state index is 0.498. The van der Waals surface area contributed by atoms with E-state index in [1.54, 1.807) is 17.4 Å². The predicted molar refractivity (Wildman–Crippen MR) is 59.8 cm³/mol. The molecule has 0 spiro atoms. The normalized spacial score (nSPS) is 10.5. The van der Waals surface area contributed by atoms with Gasteiger partial charge in [-0.15, -0.1) is 0 Å². The SMILES string of the molecule is Cc1cc(Cl)nc(-c2cscc2C)n1. The number of hydrogen-bond donors (Lipinski definition) is 0. The Morgan fingerprint density at radius 1 is 1.21 bits per heavy atom. The van der Waals surface area contributed by atoms with Crippen LogP contribution in [0.3, 0.4) is 0 Å². The third-order valence-electron chi connectivity index (χ3n) is 1.92. The summed E-state index contributed by atoms with van der Waals surface area (Å²) in [4.78, 5) is 8.55. The molecule has 2 rings (SSSR count). The summed E-state index contributed by atoms with van der Waals surface area (Å²) in [7, 11) is 0. The van der Waals surface area contributed by atoms with Crippen LogP contribution in [0.1, 0.15) is 11.3 Å². The van der Waals surface area contributed by atoms with Gasteiger partial charge in [-0.05, 0) is 30.9 Å². The first-order chi connectivity index (χ1) is 6.66. The van der Waals surface area contributed by atoms with Gasteiger partial charge in [0.1, 0.15) is 5.15 Å². The second-order valence-electron chi connectivity index (χ2n) is 3.12. The summed E-state index contributed by atoms with van der Waals surface area (Å²) < 4.78 is 0. The third-order valence-corrected chi connectivity index (χ3v) is 2.97. The van der Waals surface area contributed by atoms with Gasteiger partial charge in [-0.25, -0.2) is 9.97 Å². The number of halogens is 1. The molecule has 2 aromatic rings. The van der Waals surface area contributed by atoms with Gasteiger partial charge in [-0.3, -0.25) is 0 Å². The minimum absolute atomic E-state index is 0.498. The molecule has 0 aliphatic carbocycles. The quantitative estimate of drug-likeness (QED) is 0.694. The Balaban J connectivity index is 2.57. The van der Waals surface area contributed by atoms with Gasteiger partial charge in [-0.1, -0.05) is 11.6 Å². The number of thiophene rings is 1. The van der Waals surface area contributed by atoms with Crippen LogP contribution in [0.5, 0.6) is 0 Å². The molecule has 0 atom stereocenters. The highest BCUT2D eigenvalue weighted by Gasteiger charge is 2.07. The van der Waals surface area contributed by atoms with Crippen LogP contribution in [0.15, 0.2) is 16.8 Å². The fourth-order valence-corrected chi connectivity index (χ4v) is 2.30. The van der Waals surface area contributed by atoms with Gasteiger partial charge >= 0.3 is 0 Å². The molecule has 4 heteroatoms. The standard InChI is InChI=1S/C10H9ClN2S/c1-6-4-14-5-8(6)10-12-7(2)3-9(11)13-10/h3-5H,1-2H3. The summed E-state index contributed by atoms with van der Waals surface area (Å²) in [6, 6.07) is 1.76. The van der Waals surface area contributed by atoms with Crippen LogP contribution in [0.25, 0.3) is 11.4 Å². The van der Waals surface area contributed by atoms with Crippen molar-refractivity contribution in [3.8, 4) is 11.4 Å². The van der Waals surface area contributed by atoms with Crippen molar-refractivity contribution < 1.29 is 0 Å². The lowest BCUT2D eigenvalue weighted by Gasteiger charge is -2.00. The molecular formula is C10H9ClN2S. The Bertz CT molecular complexity index is 445. The summed E-state index contributed by atoms with van der Waals surface area (Å²) in [5.41, 5.74) is 3.16. The lowest BCUT2D eigenvalue weighted by Crippen LogP contribution is -1.91. The van der Waals surface area contributed by atoms with E-state index in [9.17, 15) is 0 Å². The van der Waals surface area contributed by atoms with Crippen molar-refractivity contribution >= 4 is 22.9 Å². The maximum Gasteiger partial charge on any atom is 0.162 e. The van der Waals surface area contributed by atoms with Crippen molar-refractivity contribution in [1.29, 1.82) is 0 Å². The molecule has 0 saturated heterocycles. The molecular weight excluding hydrogens is 216 g/mol. The lowest BCUT2D eigenvalue weighted by atomic mass is 10.2. The fourth-order valence-electron chi connectivity index (χ4n) is 1.24. The van der Waals surface area contributed by atoms with Crippen molar-refractivity contribution in [3.05, 3.63) is 33.2 Å². The highest BCUT2D eigenvalue weighted by Crippen LogP contribution is 2.24. The number of hydrogen-bond acceptors (Lipinski definition) is 3. The zero-order chi connectivity index (χ0) is 10.1. The summed E-state index contributed by atoms with van der Waals surface area (Å²) >= 11 is 7.52. The van der Waals surface area contributed by atoms with Gasteiger partial charge in [0.25, 0.3) is 0 Å². The Kier molecular flexibility index (Phi) is 2.52. The smallest absolute Gasteiger partial charge is 0.162 e. The first kappa shape index (κ1) is 9.62. The number of aryl methyl sites for hydroxylation is 2. The maximum atomic E-state index is 5.87. The third kappa shape index (κ3) is 1.79. The molecule has 0 fully saturated rings. The number of nitrogens with zero attached hydrogens (tertiary/aromatic N) is 2. The molecule has 2 aromatic heterocycles. The van der Waals surface area contributed by atoms with Gasteiger partial charge < -0.3 is 0 Å². The van der Waals surface area contributed by atoms with Gasteiger partial charge in [-0.2, -0.15) is 11.3 Å². The second kappa shape index (κ2) is 3.67. The fraction of sp³-hybridized carbons (Fsp3) is 0.200. The van der Waals surface area contributed by atoms with Crippen LogP contribution < -0.4 is 0 Å². The molecule has 0 aliphatic heterocycles. The van der Waals surface area contributed by atoms with Gasteiger partial charge in [0, 0.05) is 16.6 Å². The van der Waals surface area contributed by atoms with Crippen molar-refractivity contribution in [1.82, 2.24) is 9.97 Å². The van der Waals surface area contributed by atoms with Crippen molar-refractivity contribution in [3.63, 3.8) is 0 Å². The summed E-state index contributed by atoms with van der Waals surface area (Å²) in [6.07, 6.45) is 0. The largest absolute Gasteiger partial charge is 0.233 e. The Morgan fingerprint density at radius 2 is 2.00 bits per heavy atom. The van der Waals surface area contributed by atoms with E-state index < -0.39 is 0 Å². The van der Waals surface area contributed by atoms with Crippen LogP contribution in [0, 0.1) is 13.8 Å². The predicted octanol–water partition coefficient (Wildman–Crippen LogP) is 3.48. The Labute approximate surface area is 91.6 Å². The molecule has 0 radical (unpaired) electrons. The van der Waals surface area contributed by atoms with Crippen molar-refractivity contribution in [2.75, 3.05) is 0 Å². The first-order valence-electron chi connectivity index (χ1n) is 4.21. The van der Waals surface area contributed by atoms with Crippen LogP contribution in [0.2, 0.25) is 5.15 Å². The van der Waals surface area contributed by atoms with Gasteiger partial charge in [0.2, 0.25) is 0 Å². The van der Waals surface area contributed by atoms with Gasteiger partial charge in [0.05, 0.1) is 0 Å². The van der Waals surface area contributed by atoms with Crippen LogP contribution in [-0.4, -0.2) is 9.97 Å². The number of aromatic nitrogens is 2. The van der Waals surface area contributed by atoms with E-state index in [1.165, 1.54) is 5.56 Å². The van der Waals surface area contributed by atoms with E-state index in [-0.39, 0.29) is 0 Å². The van der Waals surface area contributed by atoms with E-state index in [0.717, 1.165) is 11.3 Å². The number of rotatable bonds is 1. The van der Waals surface area contributed by atoms with Crippen LogP contribution in [0.4, 0.5) is 0 Å². The minimum Gasteiger partial charge on any atom is -0.233 e. The van der Waals surface area contributed by atoms with Crippen LogP contribution >= 0.6 is 22.9 Å². The zero-order valence-electron chi connectivity index (χ0n) is 7.91. The van der Waals surface area contributed by atoms with Crippen molar-refractivity contribution in [2.45, 2.75) is 13.8 Å². The Morgan fingerprint density at radius 3 is 2.57 bits per heavy atom. The maximum absolute atomic E-state index is 5.87. The first-order valence-corrected chi connectivity index (χ1v) is 5.53. The molecule has 0 amide bonds. The van der Waals surface area contributed by atoms with E-state index in [0.29, 0.717) is 11.0 Å². The highest BCUT2D eigenvalue weighted by molar-refractivity contribution is 7.08. The molecule has 0 saturated carbocycles. The lowest BCUT2D eigenvalue weighted by molar-refractivity contribution is 1.11. The molecule has 0 aromatic carbocycles. The molecule has 2 nitrogen and oxygen atoms in total. The molecule has 0 unspecified atom stereocenters. The summed E-state index contributed by atoms with van der Waals surface area (Å²) in [5, 5.41) is 4.62. The highest BCUT2D eigenvalue weighted by atomic mass is 35.5. The van der Waals surface area contributed by atoms with Crippen LogP contribution in [-0.2, 0) is 0 Å². The molecule has 14 heavy (non-hydrogen) atoms. The average Bonchev–Trinajstić information content (AvgIpc) is 2.49. The van der Waals surface area contributed by atoms with E-state index in [4.69, 9.17) is 11.6 Å². The van der Waals surface area contributed by atoms with E-state index >= 15 is 0 Å². The summed E-state index contributed by atoms with van der Waals surface area (Å²) in [5.74, 6) is 0.716. The second-order valence-corrected chi connectivity index (χ2v) is 4.25. The van der Waals surface area contributed by atoms with Crippen molar-refractivity contribution in [2.24, 2.45) is 0 Å². The average molecular weight is 225 g/mol. The summed E-state index contributed by atoms with van der Waals surface area (Å²) in [6.45, 7) is 3.96. The zero-order valence-corrected chi connectivity index (χ0v) is 9.49. The monoisotopic (exact) mass is 224 g/mol. The molecule has 0 aliphatic rings.